The van der Waals surface area contributed by atoms with Gasteiger partial charge >= 0.3 is 12.1 Å². The molecule has 0 bridgehead atoms. The van der Waals surface area contributed by atoms with Crippen LogP contribution < -0.4 is 10.3 Å². The van der Waals surface area contributed by atoms with Gasteiger partial charge < -0.3 is 9.72 Å². The number of halogens is 6. The topological polar surface area (TPSA) is 55.0 Å². The standard InChI is InChI=1S/C7H4ClF5N2O2/c8-3-4(16)14-2-15-5(3)17-1-6(9,10)7(11,12)13/h2H,1H2,(H,14,15,16). The molecule has 0 amide bonds. The zero-order valence-corrected chi connectivity index (χ0v) is 8.57. The Morgan fingerprint density at radius 1 is 1.35 bits per heavy atom. The molecule has 0 unspecified atom stereocenters. The molecule has 1 aromatic heterocycles. The maximum absolute atomic E-state index is 12.4. The molecule has 96 valence electrons. The van der Waals surface area contributed by atoms with E-state index in [1.54, 1.807) is 0 Å². The van der Waals surface area contributed by atoms with Crippen LogP contribution in [0.15, 0.2) is 11.1 Å². The number of hydrogen-bond donors (Lipinski definition) is 1. The molecule has 1 heterocycles. The molecule has 0 aliphatic heterocycles. The van der Waals surface area contributed by atoms with Crippen molar-refractivity contribution >= 4 is 11.6 Å². The predicted molar refractivity (Wildman–Crippen MR) is 46.4 cm³/mol. The summed E-state index contributed by atoms with van der Waals surface area (Å²) in [4.78, 5) is 16.0. The van der Waals surface area contributed by atoms with Gasteiger partial charge in [0.05, 0.1) is 6.33 Å². The zero-order chi connectivity index (χ0) is 13.3. The molecule has 17 heavy (non-hydrogen) atoms. The molecule has 1 aromatic rings. The maximum atomic E-state index is 12.4. The molecule has 0 radical (unpaired) electrons. The van der Waals surface area contributed by atoms with Crippen LogP contribution in [0.1, 0.15) is 0 Å². The van der Waals surface area contributed by atoms with E-state index >= 15 is 0 Å². The number of H-pyrrole nitrogens is 1. The molecule has 0 atom stereocenters. The third-order valence-electron chi connectivity index (χ3n) is 1.57. The first kappa shape index (κ1) is 13.7. The maximum Gasteiger partial charge on any atom is 0.456 e. The number of hydrogen-bond acceptors (Lipinski definition) is 3. The van der Waals surface area contributed by atoms with Gasteiger partial charge in [0.1, 0.15) is 0 Å². The van der Waals surface area contributed by atoms with Gasteiger partial charge in [-0.2, -0.15) is 22.0 Å². The van der Waals surface area contributed by atoms with E-state index in [-0.39, 0.29) is 0 Å². The van der Waals surface area contributed by atoms with E-state index < -0.39 is 35.2 Å². The zero-order valence-electron chi connectivity index (χ0n) is 7.82. The van der Waals surface area contributed by atoms with E-state index in [0.29, 0.717) is 0 Å². The minimum absolute atomic E-state index is 0.703. The summed E-state index contributed by atoms with van der Waals surface area (Å²) in [7, 11) is 0. The lowest BCUT2D eigenvalue weighted by Crippen LogP contribution is -2.42. The molecule has 0 aliphatic rings. The van der Waals surface area contributed by atoms with Crippen molar-refractivity contribution in [3.8, 4) is 5.88 Å². The van der Waals surface area contributed by atoms with Crippen LogP contribution in [0.3, 0.4) is 0 Å². The van der Waals surface area contributed by atoms with Crippen molar-refractivity contribution in [2.75, 3.05) is 6.61 Å². The highest BCUT2D eigenvalue weighted by Crippen LogP contribution is 2.35. The number of alkyl halides is 5. The Morgan fingerprint density at radius 2 is 1.94 bits per heavy atom. The average molecular weight is 279 g/mol. The van der Waals surface area contributed by atoms with Crippen LogP contribution in [0, 0.1) is 0 Å². The van der Waals surface area contributed by atoms with E-state index in [1.807, 2.05) is 4.98 Å². The van der Waals surface area contributed by atoms with Crippen molar-refractivity contribution in [1.82, 2.24) is 9.97 Å². The molecule has 0 fully saturated rings. The Balaban J connectivity index is 2.82. The van der Waals surface area contributed by atoms with Crippen molar-refractivity contribution in [2.45, 2.75) is 12.1 Å². The van der Waals surface area contributed by atoms with Crippen LogP contribution in [-0.2, 0) is 0 Å². The summed E-state index contributed by atoms with van der Waals surface area (Å²) in [6.45, 7) is -2.01. The molecule has 0 aliphatic carbocycles. The van der Waals surface area contributed by atoms with Gasteiger partial charge in [0, 0.05) is 0 Å². The van der Waals surface area contributed by atoms with Crippen molar-refractivity contribution in [3.05, 3.63) is 21.7 Å². The first-order valence-corrected chi connectivity index (χ1v) is 4.33. The predicted octanol–water partition coefficient (Wildman–Crippen LogP) is 2.00. The second kappa shape index (κ2) is 4.47. The quantitative estimate of drug-likeness (QED) is 0.861. The largest absolute Gasteiger partial charge is 0.470 e. The Labute approximate surface area is 95.4 Å². The Kier molecular flexibility index (Phi) is 3.60. The van der Waals surface area contributed by atoms with Crippen molar-refractivity contribution < 1.29 is 26.7 Å². The lowest BCUT2D eigenvalue weighted by Gasteiger charge is -2.19. The summed E-state index contributed by atoms with van der Waals surface area (Å²) in [5.74, 6) is -5.85. The molecule has 1 rings (SSSR count). The van der Waals surface area contributed by atoms with Gasteiger partial charge in [0.25, 0.3) is 5.56 Å². The molecule has 0 aromatic carbocycles. The van der Waals surface area contributed by atoms with Gasteiger partial charge in [-0.15, -0.1) is 0 Å². The Morgan fingerprint density at radius 3 is 2.47 bits per heavy atom. The minimum Gasteiger partial charge on any atom is -0.470 e. The third-order valence-corrected chi connectivity index (χ3v) is 1.90. The average Bonchev–Trinajstić information content (AvgIpc) is 2.18. The fraction of sp³-hybridized carbons (Fsp3) is 0.429. The summed E-state index contributed by atoms with van der Waals surface area (Å²) in [5, 5.41) is -0.703. The van der Waals surface area contributed by atoms with Crippen molar-refractivity contribution in [1.29, 1.82) is 0 Å². The van der Waals surface area contributed by atoms with Crippen LogP contribution >= 0.6 is 11.6 Å². The number of ether oxygens (including phenoxy) is 1. The number of aromatic nitrogens is 2. The lowest BCUT2D eigenvalue weighted by atomic mass is 10.3. The second-order valence-corrected chi connectivity index (χ2v) is 3.22. The first-order chi connectivity index (χ1) is 7.65. The number of nitrogens with zero attached hydrogens (tertiary/aromatic N) is 1. The number of rotatable bonds is 3. The summed E-state index contributed by atoms with van der Waals surface area (Å²) < 4.78 is 64.3. The second-order valence-electron chi connectivity index (χ2n) is 2.84. The normalized spacial score (nSPS) is 12.6. The minimum atomic E-state index is -5.75. The van der Waals surface area contributed by atoms with Gasteiger partial charge in [-0.25, -0.2) is 4.98 Å². The van der Waals surface area contributed by atoms with E-state index in [2.05, 4.69) is 9.72 Å². The van der Waals surface area contributed by atoms with Crippen LogP contribution in [0.25, 0.3) is 0 Å². The fourth-order valence-corrected chi connectivity index (χ4v) is 0.866. The highest BCUT2D eigenvalue weighted by Gasteiger charge is 2.58. The van der Waals surface area contributed by atoms with Gasteiger partial charge in [-0.3, -0.25) is 4.79 Å². The summed E-state index contributed by atoms with van der Waals surface area (Å²) in [6, 6.07) is 0. The van der Waals surface area contributed by atoms with Crippen molar-refractivity contribution in [3.63, 3.8) is 0 Å². The number of nitrogens with one attached hydrogen (secondary N) is 1. The van der Waals surface area contributed by atoms with E-state index in [9.17, 15) is 26.7 Å². The molecule has 0 saturated heterocycles. The monoisotopic (exact) mass is 278 g/mol. The molecule has 0 spiro atoms. The highest BCUT2D eigenvalue weighted by atomic mass is 35.5. The summed E-state index contributed by atoms with van der Waals surface area (Å²) >= 11 is 5.28. The van der Waals surface area contributed by atoms with Gasteiger partial charge in [-0.05, 0) is 0 Å². The van der Waals surface area contributed by atoms with Gasteiger partial charge in [-0.1, -0.05) is 11.6 Å². The highest BCUT2D eigenvalue weighted by molar-refractivity contribution is 6.31. The first-order valence-electron chi connectivity index (χ1n) is 3.95. The summed E-state index contributed by atoms with van der Waals surface area (Å²) in [6.07, 6.45) is -4.99. The van der Waals surface area contributed by atoms with Crippen molar-refractivity contribution in [2.24, 2.45) is 0 Å². The SMILES string of the molecule is O=c1[nH]cnc(OCC(F)(F)C(F)(F)F)c1Cl. The van der Waals surface area contributed by atoms with Crippen LogP contribution in [0.5, 0.6) is 5.88 Å². The molecular formula is C7H4ClF5N2O2. The van der Waals surface area contributed by atoms with E-state index in [4.69, 9.17) is 11.6 Å². The lowest BCUT2D eigenvalue weighted by molar-refractivity contribution is -0.290. The molecule has 10 heteroatoms. The van der Waals surface area contributed by atoms with Crippen LogP contribution in [0.4, 0.5) is 22.0 Å². The molecule has 1 N–H and O–H groups in total. The fourth-order valence-electron chi connectivity index (χ4n) is 0.708. The van der Waals surface area contributed by atoms with Gasteiger partial charge in [0.15, 0.2) is 11.6 Å². The Bertz CT molecular complexity index is 458. The molecule has 0 saturated carbocycles. The van der Waals surface area contributed by atoms with Gasteiger partial charge in [0.2, 0.25) is 5.88 Å². The molecular weight excluding hydrogens is 275 g/mol. The van der Waals surface area contributed by atoms with E-state index in [0.717, 1.165) is 6.33 Å². The Hall–Kier alpha value is -1.38. The molecule has 4 nitrogen and oxygen atoms in total. The smallest absolute Gasteiger partial charge is 0.456 e. The summed E-state index contributed by atoms with van der Waals surface area (Å²) in [5.41, 5.74) is -0.910. The van der Waals surface area contributed by atoms with Crippen LogP contribution in [-0.4, -0.2) is 28.7 Å². The third kappa shape index (κ3) is 3.05. The van der Waals surface area contributed by atoms with E-state index in [1.165, 1.54) is 0 Å². The number of aromatic amines is 1. The van der Waals surface area contributed by atoms with Crippen LogP contribution in [0.2, 0.25) is 5.02 Å².